The maximum absolute atomic E-state index is 13.3. The summed E-state index contributed by atoms with van der Waals surface area (Å²) in [5, 5.41) is 39.0. The van der Waals surface area contributed by atoms with Gasteiger partial charge in [-0.3, -0.25) is 43.6 Å². The van der Waals surface area contributed by atoms with Crippen LogP contribution in [0.5, 0.6) is 0 Å². The quantitative estimate of drug-likeness (QED) is 0.0146. The Balaban J connectivity index is 0. The number of rotatable bonds is 39. The van der Waals surface area contributed by atoms with Crippen molar-refractivity contribution in [3.8, 4) is 0 Å². The van der Waals surface area contributed by atoms with Crippen molar-refractivity contribution in [2.45, 2.75) is 267 Å². The van der Waals surface area contributed by atoms with Crippen molar-refractivity contribution in [3.63, 3.8) is 0 Å². The molecular formula is C70H122O18. The molecule has 0 spiro atoms. The third-order valence-corrected chi connectivity index (χ3v) is 18.0. The summed E-state index contributed by atoms with van der Waals surface area (Å²) in [6.45, 7) is 46.0. The number of esters is 5. The van der Waals surface area contributed by atoms with Crippen LogP contribution in [0.2, 0.25) is 0 Å². The van der Waals surface area contributed by atoms with E-state index in [0.717, 1.165) is 56.9 Å². The number of allylic oxidation sites excluding steroid dienone is 1. The van der Waals surface area contributed by atoms with Crippen LogP contribution in [0.1, 0.15) is 261 Å². The summed E-state index contributed by atoms with van der Waals surface area (Å²) >= 11 is 0. The minimum Gasteiger partial charge on any atom is -0.481 e. The van der Waals surface area contributed by atoms with Crippen LogP contribution in [0.4, 0.5) is 0 Å². The van der Waals surface area contributed by atoms with Crippen LogP contribution in [-0.2, 0) is 66.9 Å². The number of ether oxygens (including phenoxy) is 5. The molecule has 0 saturated heterocycles. The van der Waals surface area contributed by atoms with Gasteiger partial charge in [0.1, 0.15) is 25.9 Å². The van der Waals surface area contributed by atoms with Crippen LogP contribution in [0.3, 0.4) is 0 Å². The Bertz CT molecular complexity index is 2290. The van der Waals surface area contributed by atoms with Gasteiger partial charge in [-0.05, 0) is 203 Å². The number of hydrogen-bond donors (Lipinski definition) is 4. The first-order chi connectivity index (χ1) is 40.4. The molecule has 0 aromatic heterocycles. The number of unbranched alkanes of at least 4 members (excludes halogenated alkanes) is 1. The Labute approximate surface area is 530 Å². The third kappa shape index (κ3) is 27.6. The van der Waals surface area contributed by atoms with Crippen molar-refractivity contribution >= 4 is 47.8 Å². The van der Waals surface area contributed by atoms with Gasteiger partial charge in [0.25, 0.3) is 0 Å². The number of carbonyl (C=O) groups is 8. The SMILES string of the molecule is C=C(C)COC(=O)C(C)(CC(C)(C)C(=O)OCC(CC)CCCC)CC(C)(CC)C(=O)O.C=CCOC(=O)C(C)(CC(C)(C)C(=O)OCC)CC(C)(CC)C(=O)O.CCC(C)(CC(C)(CC(C)(C)C(OO)C1CCCCC1)C(=O)OCC=C(C)C)C(=O)O. The van der Waals surface area contributed by atoms with Crippen molar-refractivity contribution in [3.05, 3.63) is 36.5 Å². The summed E-state index contributed by atoms with van der Waals surface area (Å²) in [7, 11) is 0. The molecular weight excluding hydrogens is 1130 g/mol. The average Bonchev–Trinajstić information content (AvgIpc) is 1.10. The van der Waals surface area contributed by atoms with E-state index in [-0.39, 0.29) is 70.4 Å². The molecule has 8 atom stereocenters. The molecule has 0 aliphatic heterocycles. The van der Waals surface area contributed by atoms with Crippen molar-refractivity contribution in [1.82, 2.24) is 0 Å². The molecule has 88 heavy (non-hydrogen) atoms. The lowest BCUT2D eigenvalue weighted by Gasteiger charge is -2.44. The summed E-state index contributed by atoms with van der Waals surface area (Å²) < 4.78 is 27.0. The van der Waals surface area contributed by atoms with Crippen molar-refractivity contribution < 1.29 is 87.5 Å². The maximum atomic E-state index is 13.3. The van der Waals surface area contributed by atoms with Gasteiger partial charge in [0.15, 0.2) is 0 Å². The topological polar surface area (TPSA) is 273 Å². The fraction of sp³-hybridized carbons (Fsp3) is 0.800. The van der Waals surface area contributed by atoms with E-state index in [1.807, 2.05) is 40.7 Å². The first-order valence-electron chi connectivity index (χ1n) is 32.1. The Morgan fingerprint density at radius 3 is 1.26 bits per heavy atom. The lowest BCUT2D eigenvalue weighted by molar-refractivity contribution is -0.318. The van der Waals surface area contributed by atoms with Gasteiger partial charge in [0, 0.05) is 0 Å². The van der Waals surface area contributed by atoms with E-state index in [1.165, 1.54) is 12.5 Å². The number of carboxylic acids is 3. The second kappa shape index (κ2) is 37.9. The molecule has 1 aliphatic rings. The highest BCUT2D eigenvalue weighted by Crippen LogP contribution is 2.50. The number of carbonyl (C=O) groups excluding carboxylic acids is 5. The predicted molar refractivity (Wildman–Crippen MR) is 344 cm³/mol. The van der Waals surface area contributed by atoms with Gasteiger partial charge < -0.3 is 39.0 Å². The molecule has 0 radical (unpaired) electrons. The highest BCUT2D eigenvalue weighted by atomic mass is 17.1. The standard InChI is InChI=1S/C26H46O6.C25H44O6.C19H32O6/c1-10-13-14-20(11-2)16-32-22(29)24(6,7)17-26(9,23(30)31-15-19(4)5)18-25(8,12-3)21(27)28;1-8-24(6,21(26)27)17-25(7,22(28)30-15-14-18(2)3)16-23(4,5)20(31-29)19-12-10-9-11-13-19;1-8-11-25-16(23)19(7,13-18(6,9-2)14(20)21)12-17(4,5)15(22)24-10-3/h20H,4,10-18H2,1-3,5-9H3,(H,27,28);14,19-20,29H,8-13,15-17H2,1-7H3,(H,26,27);8H,1,9-13H2,2-7H3,(H,20,21). The molecule has 0 amide bonds. The fourth-order valence-corrected chi connectivity index (χ4v) is 12.5. The first kappa shape index (κ1) is 85.0. The Morgan fingerprint density at radius 1 is 0.523 bits per heavy atom. The van der Waals surface area contributed by atoms with E-state index in [9.17, 15) is 58.9 Å². The maximum Gasteiger partial charge on any atom is 0.312 e. The monoisotopic (exact) mass is 1250 g/mol. The van der Waals surface area contributed by atoms with Gasteiger partial charge in [0.05, 0.1) is 56.5 Å². The molecule has 8 unspecified atom stereocenters. The summed E-state index contributed by atoms with van der Waals surface area (Å²) in [5.74, 6) is -4.59. The van der Waals surface area contributed by atoms with Gasteiger partial charge in [-0.2, -0.15) is 0 Å². The lowest BCUT2D eigenvalue weighted by Crippen LogP contribution is -2.47. The van der Waals surface area contributed by atoms with Gasteiger partial charge in [-0.25, -0.2) is 4.89 Å². The van der Waals surface area contributed by atoms with Crippen LogP contribution >= 0.6 is 0 Å². The normalized spacial score (nSPS) is 17.7. The van der Waals surface area contributed by atoms with Crippen molar-refractivity contribution in [2.24, 2.45) is 60.6 Å². The minimum atomic E-state index is -1.17. The highest BCUT2D eigenvalue weighted by Gasteiger charge is 2.53. The van der Waals surface area contributed by atoms with E-state index in [1.54, 1.807) is 96.9 Å². The first-order valence-corrected chi connectivity index (χ1v) is 32.1. The predicted octanol–water partition coefficient (Wildman–Crippen LogP) is 16.0. The van der Waals surface area contributed by atoms with E-state index in [0.29, 0.717) is 43.8 Å². The largest absolute Gasteiger partial charge is 0.481 e. The molecule has 1 aliphatic carbocycles. The van der Waals surface area contributed by atoms with Crippen LogP contribution < -0.4 is 0 Å². The van der Waals surface area contributed by atoms with Crippen LogP contribution in [-0.4, -0.2) is 107 Å². The summed E-state index contributed by atoms with van der Waals surface area (Å²) in [6, 6.07) is 0. The van der Waals surface area contributed by atoms with Crippen LogP contribution in [0.25, 0.3) is 0 Å². The average molecular weight is 1250 g/mol. The molecule has 0 aromatic carbocycles. The molecule has 18 heteroatoms. The summed E-state index contributed by atoms with van der Waals surface area (Å²) in [5.41, 5.74) is -7.38. The molecule has 0 bridgehead atoms. The molecule has 0 aromatic rings. The zero-order chi connectivity index (χ0) is 68.9. The molecule has 510 valence electrons. The Hall–Kier alpha value is -5.10. The van der Waals surface area contributed by atoms with Gasteiger partial charge in [-0.15, -0.1) is 0 Å². The van der Waals surface area contributed by atoms with E-state index in [4.69, 9.17) is 28.6 Å². The van der Waals surface area contributed by atoms with E-state index < -0.39 is 96.6 Å². The molecule has 1 rings (SSSR count). The Morgan fingerprint density at radius 2 is 0.920 bits per heavy atom. The zero-order valence-electron chi connectivity index (χ0n) is 58.6. The van der Waals surface area contributed by atoms with Gasteiger partial charge in [0.2, 0.25) is 0 Å². The zero-order valence-corrected chi connectivity index (χ0v) is 58.6. The number of carboxylic acid groups (broad SMARTS) is 3. The molecule has 1 saturated carbocycles. The second-order valence-electron chi connectivity index (χ2n) is 29.1. The Kier molecular flexibility index (Phi) is 36.6. The number of hydrogen-bond acceptors (Lipinski definition) is 15. The van der Waals surface area contributed by atoms with Gasteiger partial charge >= 0.3 is 47.8 Å². The van der Waals surface area contributed by atoms with Crippen molar-refractivity contribution in [2.75, 3.05) is 33.0 Å². The van der Waals surface area contributed by atoms with E-state index >= 15 is 0 Å². The molecule has 1 fully saturated rings. The van der Waals surface area contributed by atoms with E-state index in [2.05, 4.69) is 27.0 Å². The highest BCUT2D eigenvalue weighted by molar-refractivity contribution is 5.84. The fourth-order valence-electron chi connectivity index (χ4n) is 12.5. The second-order valence-corrected chi connectivity index (χ2v) is 29.1. The lowest BCUT2D eigenvalue weighted by atomic mass is 9.62. The number of aliphatic carboxylic acids is 3. The molecule has 4 N–H and O–H groups in total. The van der Waals surface area contributed by atoms with Gasteiger partial charge in [-0.1, -0.05) is 112 Å². The molecule has 0 heterocycles. The van der Waals surface area contributed by atoms with Crippen LogP contribution in [0, 0.1) is 60.6 Å². The summed E-state index contributed by atoms with van der Waals surface area (Å²) in [4.78, 5) is 105. The smallest absolute Gasteiger partial charge is 0.312 e. The third-order valence-electron chi connectivity index (χ3n) is 18.0. The van der Waals surface area contributed by atoms with Crippen molar-refractivity contribution in [1.29, 1.82) is 0 Å². The van der Waals surface area contributed by atoms with Crippen LogP contribution in [0.15, 0.2) is 36.5 Å². The summed E-state index contributed by atoms with van der Waals surface area (Å²) in [6.07, 6.45) is 14.4. The minimum absolute atomic E-state index is 0.0319. The molecule has 18 nitrogen and oxygen atoms in total.